The topological polar surface area (TPSA) is 74.8 Å². The van der Waals surface area contributed by atoms with E-state index in [1.165, 1.54) is 21.3 Å². The number of nitrogens with zero attached hydrogens (tertiary/aromatic N) is 2. The van der Waals surface area contributed by atoms with Crippen molar-refractivity contribution in [2.24, 2.45) is 0 Å². The van der Waals surface area contributed by atoms with Crippen LogP contribution in [0.3, 0.4) is 0 Å². The van der Waals surface area contributed by atoms with Crippen LogP contribution in [0.4, 0.5) is 4.79 Å². The van der Waals surface area contributed by atoms with Gasteiger partial charge in [0.15, 0.2) is 0 Å². The largest absolute Gasteiger partial charge is 0.289 e. The van der Waals surface area contributed by atoms with E-state index >= 15 is 0 Å². The predicted molar refractivity (Wildman–Crippen MR) is 83.3 cm³/mol. The maximum Gasteiger partial charge on any atom is 0.289 e. The summed E-state index contributed by atoms with van der Waals surface area (Å²) in [7, 11) is -3.72. The summed E-state index contributed by atoms with van der Waals surface area (Å²) in [6, 6.07) is 5.84. The number of carbonyl (C=O) groups excluding carboxylic acids is 2. The van der Waals surface area contributed by atoms with E-state index in [2.05, 4.69) is 0 Å². The number of carbonyl (C=O) groups is 2. The molecule has 2 amide bonds. The molecule has 0 N–H and O–H groups in total. The molecule has 0 radical (unpaired) electrons. The van der Waals surface area contributed by atoms with E-state index in [-0.39, 0.29) is 39.9 Å². The van der Waals surface area contributed by atoms with Crippen LogP contribution in [0.25, 0.3) is 0 Å². The van der Waals surface area contributed by atoms with Crippen LogP contribution in [0.15, 0.2) is 29.2 Å². The van der Waals surface area contributed by atoms with Crippen LogP contribution in [0.1, 0.15) is 6.42 Å². The first kappa shape index (κ1) is 15.8. The number of rotatable bonds is 3. The van der Waals surface area contributed by atoms with Gasteiger partial charge in [-0.15, -0.1) is 0 Å². The Balaban J connectivity index is 1.82. The van der Waals surface area contributed by atoms with Gasteiger partial charge in [0.2, 0.25) is 15.9 Å². The molecule has 118 valence electrons. The zero-order valence-corrected chi connectivity index (χ0v) is 13.8. The van der Waals surface area contributed by atoms with E-state index in [0.717, 1.165) is 11.8 Å². The van der Waals surface area contributed by atoms with Crippen molar-refractivity contribution in [1.29, 1.82) is 0 Å². The summed E-state index contributed by atoms with van der Waals surface area (Å²) in [6.45, 7) is 0.381. The van der Waals surface area contributed by atoms with Crippen molar-refractivity contribution in [3.63, 3.8) is 0 Å². The molecule has 2 aliphatic rings. The zero-order chi connectivity index (χ0) is 15.9. The third-order valence-corrected chi connectivity index (χ3v) is 6.93. The summed E-state index contributed by atoms with van der Waals surface area (Å²) >= 11 is 6.93. The molecule has 1 aromatic rings. The Hall–Kier alpha value is -1.09. The molecule has 9 heteroatoms. The summed E-state index contributed by atoms with van der Waals surface area (Å²) in [5, 5.41) is -0.137. The monoisotopic (exact) mass is 360 g/mol. The number of hydrogen-bond donors (Lipinski definition) is 0. The fourth-order valence-electron chi connectivity index (χ4n) is 2.65. The van der Waals surface area contributed by atoms with Gasteiger partial charge < -0.3 is 0 Å². The van der Waals surface area contributed by atoms with Crippen molar-refractivity contribution in [2.75, 3.05) is 18.8 Å². The van der Waals surface area contributed by atoms with E-state index in [9.17, 15) is 18.0 Å². The quantitative estimate of drug-likeness (QED) is 0.821. The molecule has 2 heterocycles. The lowest BCUT2D eigenvalue weighted by molar-refractivity contribution is -0.126. The van der Waals surface area contributed by atoms with Gasteiger partial charge in [0.25, 0.3) is 5.24 Å². The Morgan fingerprint density at radius 3 is 2.59 bits per heavy atom. The van der Waals surface area contributed by atoms with Crippen molar-refractivity contribution in [1.82, 2.24) is 9.21 Å². The lowest BCUT2D eigenvalue weighted by Gasteiger charge is -2.22. The lowest BCUT2D eigenvalue weighted by atomic mass is 10.2. The van der Waals surface area contributed by atoms with E-state index in [1.54, 1.807) is 12.1 Å². The summed E-state index contributed by atoms with van der Waals surface area (Å²) < 4.78 is 26.5. The number of benzene rings is 1. The van der Waals surface area contributed by atoms with Crippen LogP contribution in [0.2, 0.25) is 5.02 Å². The average Bonchev–Trinajstić information content (AvgIpc) is 3.06. The molecular weight excluding hydrogens is 348 g/mol. The minimum Gasteiger partial charge on any atom is -0.273 e. The third-order valence-electron chi connectivity index (χ3n) is 3.73. The van der Waals surface area contributed by atoms with Gasteiger partial charge in [0.05, 0.1) is 16.8 Å². The fourth-order valence-corrected chi connectivity index (χ4v) is 5.41. The van der Waals surface area contributed by atoms with Gasteiger partial charge in [-0.25, -0.2) is 8.42 Å². The van der Waals surface area contributed by atoms with Gasteiger partial charge >= 0.3 is 0 Å². The molecule has 2 saturated heterocycles. The van der Waals surface area contributed by atoms with Crippen molar-refractivity contribution < 1.29 is 18.0 Å². The van der Waals surface area contributed by atoms with Gasteiger partial charge in [-0.3, -0.25) is 14.5 Å². The Kier molecular flexibility index (Phi) is 4.19. The van der Waals surface area contributed by atoms with Gasteiger partial charge in [-0.2, -0.15) is 4.31 Å². The molecule has 0 saturated carbocycles. The summed E-state index contributed by atoms with van der Waals surface area (Å²) in [4.78, 5) is 24.7. The Morgan fingerprint density at radius 1 is 1.23 bits per heavy atom. The van der Waals surface area contributed by atoms with Crippen molar-refractivity contribution in [3.05, 3.63) is 29.3 Å². The van der Waals surface area contributed by atoms with Crippen LogP contribution >= 0.6 is 23.4 Å². The minimum absolute atomic E-state index is 0.0470. The fraction of sp³-hybridized carbons (Fsp3) is 0.385. The smallest absolute Gasteiger partial charge is 0.273 e. The number of sulfonamides is 1. The molecular formula is C13H13ClN2O4S2. The zero-order valence-electron chi connectivity index (χ0n) is 11.4. The lowest BCUT2D eigenvalue weighted by Crippen LogP contribution is -2.41. The number of amides is 2. The highest BCUT2D eigenvalue weighted by molar-refractivity contribution is 8.14. The van der Waals surface area contributed by atoms with E-state index in [0.29, 0.717) is 6.42 Å². The molecule has 0 aromatic heterocycles. The predicted octanol–water partition coefficient (Wildman–Crippen LogP) is 1.80. The highest BCUT2D eigenvalue weighted by Crippen LogP contribution is 2.31. The first-order chi connectivity index (χ1) is 10.4. The number of imide groups is 1. The molecule has 0 bridgehead atoms. The summed E-state index contributed by atoms with van der Waals surface area (Å²) in [5.41, 5.74) is 0. The molecule has 2 fully saturated rings. The van der Waals surface area contributed by atoms with Gasteiger partial charge in [-0.1, -0.05) is 35.5 Å². The Bertz CT molecular complexity index is 721. The second-order valence-corrected chi connectivity index (χ2v) is 8.29. The summed E-state index contributed by atoms with van der Waals surface area (Å²) in [6.07, 6.45) is 0.446. The van der Waals surface area contributed by atoms with Gasteiger partial charge in [0.1, 0.15) is 4.90 Å². The minimum atomic E-state index is -3.72. The normalized spacial score (nSPS) is 23.5. The van der Waals surface area contributed by atoms with Gasteiger partial charge in [-0.05, 0) is 18.6 Å². The van der Waals surface area contributed by atoms with E-state index in [4.69, 9.17) is 11.6 Å². The van der Waals surface area contributed by atoms with Gasteiger partial charge in [0, 0.05) is 13.1 Å². The number of hydrogen-bond acceptors (Lipinski definition) is 5. The molecule has 1 unspecified atom stereocenters. The third kappa shape index (κ3) is 2.64. The van der Waals surface area contributed by atoms with Crippen LogP contribution in [0, 0.1) is 0 Å². The highest BCUT2D eigenvalue weighted by Gasteiger charge is 2.42. The van der Waals surface area contributed by atoms with E-state index in [1.807, 2.05) is 0 Å². The second-order valence-electron chi connectivity index (χ2n) is 5.05. The molecule has 3 rings (SSSR count). The van der Waals surface area contributed by atoms with Crippen molar-refractivity contribution in [2.45, 2.75) is 17.4 Å². The molecule has 6 nitrogen and oxygen atoms in total. The molecule has 1 atom stereocenters. The van der Waals surface area contributed by atoms with Crippen molar-refractivity contribution >= 4 is 44.5 Å². The molecule has 1 aromatic carbocycles. The van der Waals surface area contributed by atoms with Crippen LogP contribution < -0.4 is 0 Å². The number of halogens is 1. The second kappa shape index (κ2) is 5.84. The summed E-state index contributed by atoms with van der Waals surface area (Å²) in [5.74, 6) is -0.121. The first-order valence-corrected chi connectivity index (χ1v) is 9.45. The first-order valence-electron chi connectivity index (χ1n) is 6.65. The highest BCUT2D eigenvalue weighted by atomic mass is 35.5. The average molecular weight is 361 g/mol. The Labute approximate surface area is 137 Å². The van der Waals surface area contributed by atoms with Crippen LogP contribution in [-0.4, -0.2) is 53.7 Å². The standard InChI is InChI=1S/C13H13ClN2O4S2/c14-10-3-1-2-4-11(10)22(19,20)15-6-5-9(7-15)16-12(17)8-21-13(16)18/h1-4,9H,5-8H2. The van der Waals surface area contributed by atoms with Crippen molar-refractivity contribution in [3.8, 4) is 0 Å². The maximum atomic E-state index is 12.6. The Morgan fingerprint density at radius 2 is 1.95 bits per heavy atom. The molecule has 22 heavy (non-hydrogen) atoms. The molecule has 2 aliphatic heterocycles. The van der Waals surface area contributed by atoms with E-state index < -0.39 is 16.1 Å². The molecule has 0 spiro atoms. The van der Waals surface area contributed by atoms with Crippen LogP contribution in [0.5, 0.6) is 0 Å². The van der Waals surface area contributed by atoms with Crippen LogP contribution in [-0.2, 0) is 14.8 Å². The molecule has 0 aliphatic carbocycles. The SMILES string of the molecule is O=C1CSC(=O)N1C1CCN(S(=O)(=O)c2ccccc2Cl)C1. The maximum absolute atomic E-state index is 12.6. The number of thioether (sulfide) groups is 1.